The van der Waals surface area contributed by atoms with Crippen molar-refractivity contribution in [1.29, 1.82) is 0 Å². The van der Waals surface area contributed by atoms with Gasteiger partial charge in [-0.25, -0.2) is 9.97 Å². The highest BCUT2D eigenvalue weighted by Gasteiger charge is 2.56. The number of likely N-dealkylation sites (tertiary alicyclic amines) is 1. The lowest BCUT2D eigenvalue weighted by Gasteiger charge is -2.33. The predicted molar refractivity (Wildman–Crippen MR) is 95.8 cm³/mol. The summed E-state index contributed by atoms with van der Waals surface area (Å²) in [7, 11) is 2.27. The number of hydrogen-bond donors (Lipinski definition) is 0. The zero-order chi connectivity index (χ0) is 15.9. The molecular formula is C17H24N4S2. The van der Waals surface area contributed by atoms with Gasteiger partial charge in [-0.1, -0.05) is 0 Å². The maximum Gasteiger partial charge on any atom is 0.107 e. The molecule has 1 spiro atoms. The lowest BCUT2D eigenvalue weighted by molar-refractivity contribution is 0.140. The number of rotatable bonds is 5. The lowest BCUT2D eigenvalue weighted by atomic mass is 9.92. The van der Waals surface area contributed by atoms with E-state index in [1.165, 1.54) is 47.9 Å². The summed E-state index contributed by atoms with van der Waals surface area (Å²) in [6.45, 7) is 6.69. The average molecular weight is 349 g/mol. The molecule has 3 heterocycles. The molecule has 1 aliphatic carbocycles. The van der Waals surface area contributed by atoms with E-state index in [9.17, 15) is 0 Å². The van der Waals surface area contributed by atoms with Crippen molar-refractivity contribution < 1.29 is 0 Å². The van der Waals surface area contributed by atoms with Crippen LogP contribution < -0.4 is 0 Å². The Labute approximate surface area is 146 Å². The molecule has 1 atom stereocenters. The minimum Gasteiger partial charge on any atom is -0.298 e. The third kappa shape index (κ3) is 3.22. The number of aryl methyl sites for hydroxylation is 1. The highest BCUT2D eigenvalue weighted by molar-refractivity contribution is 7.09. The Morgan fingerprint density at radius 2 is 2.13 bits per heavy atom. The van der Waals surface area contributed by atoms with Crippen LogP contribution in [0.3, 0.4) is 0 Å². The summed E-state index contributed by atoms with van der Waals surface area (Å²) in [6, 6.07) is 0.763. The molecule has 0 amide bonds. The number of thiazole rings is 2. The molecule has 1 saturated carbocycles. The molecule has 1 aliphatic heterocycles. The van der Waals surface area contributed by atoms with Crippen LogP contribution in [-0.2, 0) is 13.1 Å². The second kappa shape index (κ2) is 6.24. The normalized spacial score (nSPS) is 23.7. The molecule has 1 unspecified atom stereocenters. The van der Waals surface area contributed by atoms with Gasteiger partial charge >= 0.3 is 0 Å². The fourth-order valence-electron chi connectivity index (χ4n) is 3.98. The van der Waals surface area contributed by atoms with Crippen molar-refractivity contribution in [3.05, 3.63) is 32.7 Å². The summed E-state index contributed by atoms with van der Waals surface area (Å²) in [5.74, 6) is 0. The highest BCUT2D eigenvalue weighted by Crippen LogP contribution is 2.56. The third-order valence-corrected chi connectivity index (χ3v) is 7.29. The number of piperidine rings is 1. The molecule has 0 radical (unpaired) electrons. The van der Waals surface area contributed by atoms with Gasteiger partial charge in [0.15, 0.2) is 0 Å². The predicted octanol–water partition coefficient (Wildman–Crippen LogP) is 3.39. The Balaban J connectivity index is 1.29. The largest absolute Gasteiger partial charge is 0.298 e. The van der Waals surface area contributed by atoms with Crippen molar-refractivity contribution in [3.63, 3.8) is 0 Å². The van der Waals surface area contributed by atoms with Gasteiger partial charge < -0.3 is 0 Å². The molecule has 2 aliphatic rings. The van der Waals surface area contributed by atoms with Crippen LogP contribution in [0.2, 0.25) is 0 Å². The molecule has 6 heteroatoms. The molecule has 4 rings (SSSR count). The van der Waals surface area contributed by atoms with Crippen LogP contribution in [0.5, 0.6) is 0 Å². The number of aromatic nitrogens is 2. The van der Waals surface area contributed by atoms with E-state index in [-0.39, 0.29) is 0 Å². The van der Waals surface area contributed by atoms with Gasteiger partial charge in [0.1, 0.15) is 5.01 Å². The second-order valence-corrected chi connectivity index (χ2v) is 8.98. The summed E-state index contributed by atoms with van der Waals surface area (Å²) in [5, 5.41) is 3.32. The quantitative estimate of drug-likeness (QED) is 0.829. The molecule has 23 heavy (non-hydrogen) atoms. The van der Waals surface area contributed by atoms with E-state index in [2.05, 4.69) is 39.1 Å². The first kappa shape index (κ1) is 15.7. The van der Waals surface area contributed by atoms with E-state index in [1.54, 1.807) is 22.7 Å². The van der Waals surface area contributed by atoms with Gasteiger partial charge in [-0.15, -0.1) is 22.7 Å². The van der Waals surface area contributed by atoms with Crippen LogP contribution in [0.1, 0.15) is 34.8 Å². The Morgan fingerprint density at radius 1 is 1.30 bits per heavy atom. The zero-order valence-electron chi connectivity index (χ0n) is 13.9. The van der Waals surface area contributed by atoms with Crippen molar-refractivity contribution in [1.82, 2.24) is 19.8 Å². The van der Waals surface area contributed by atoms with E-state index in [0.29, 0.717) is 5.41 Å². The van der Waals surface area contributed by atoms with Gasteiger partial charge in [0, 0.05) is 29.0 Å². The van der Waals surface area contributed by atoms with Crippen LogP contribution >= 0.6 is 22.7 Å². The van der Waals surface area contributed by atoms with E-state index < -0.39 is 0 Å². The van der Waals surface area contributed by atoms with Crippen LogP contribution in [0, 0.1) is 12.3 Å². The summed E-state index contributed by atoms with van der Waals surface area (Å²) in [6.07, 6.45) is 5.98. The van der Waals surface area contributed by atoms with E-state index in [4.69, 9.17) is 0 Å². The van der Waals surface area contributed by atoms with E-state index in [1.807, 2.05) is 11.7 Å². The maximum absolute atomic E-state index is 4.43. The van der Waals surface area contributed by atoms with Crippen LogP contribution in [0.15, 0.2) is 17.1 Å². The van der Waals surface area contributed by atoms with Crippen molar-refractivity contribution in [2.45, 2.75) is 45.3 Å². The standard InChI is InChI=1S/C17H24N4S2/c1-13-14(23-12-19-13)10-21-6-3-17(4-7-21)9-15(17)20(2)11-16-18-5-8-22-16/h5,8,12,15H,3-4,6-7,9-11H2,1-2H3. The molecular weight excluding hydrogens is 324 g/mol. The number of hydrogen-bond acceptors (Lipinski definition) is 6. The topological polar surface area (TPSA) is 32.3 Å². The Bertz CT molecular complexity index is 643. The van der Waals surface area contributed by atoms with Crippen molar-refractivity contribution in [3.8, 4) is 0 Å². The first-order valence-electron chi connectivity index (χ1n) is 8.36. The Morgan fingerprint density at radius 3 is 2.78 bits per heavy atom. The summed E-state index contributed by atoms with van der Waals surface area (Å²) >= 11 is 3.57. The molecule has 2 aromatic rings. The van der Waals surface area contributed by atoms with Gasteiger partial charge in [0.05, 0.1) is 17.7 Å². The van der Waals surface area contributed by atoms with E-state index >= 15 is 0 Å². The molecule has 2 aromatic heterocycles. The van der Waals surface area contributed by atoms with Gasteiger partial charge in [-0.3, -0.25) is 9.80 Å². The lowest BCUT2D eigenvalue weighted by Crippen LogP contribution is -2.37. The first-order valence-corrected chi connectivity index (χ1v) is 10.1. The third-order valence-electron chi connectivity index (χ3n) is 5.61. The van der Waals surface area contributed by atoms with Gasteiger partial charge in [0.25, 0.3) is 0 Å². The fraction of sp³-hybridized carbons (Fsp3) is 0.647. The summed E-state index contributed by atoms with van der Waals surface area (Å²) in [5.41, 5.74) is 3.77. The SMILES string of the molecule is Cc1ncsc1CN1CCC2(CC1)CC2N(C)Cc1nccs1. The van der Waals surface area contributed by atoms with Crippen molar-refractivity contribution in [2.75, 3.05) is 20.1 Å². The minimum absolute atomic E-state index is 0.589. The van der Waals surface area contributed by atoms with Gasteiger partial charge in [-0.2, -0.15) is 0 Å². The van der Waals surface area contributed by atoms with Crippen LogP contribution in [0.25, 0.3) is 0 Å². The molecule has 124 valence electrons. The molecule has 0 aromatic carbocycles. The van der Waals surface area contributed by atoms with Crippen LogP contribution in [0.4, 0.5) is 0 Å². The van der Waals surface area contributed by atoms with Crippen LogP contribution in [-0.4, -0.2) is 45.9 Å². The molecule has 1 saturated heterocycles. The zero-order valence-corrected chi connectivity index (χ0v) is 15.5. The maximum atomic E-state index is 4.43. The van der Waals surface area contributed by atoms with Gasteiger partial charge in [0.2, 0.25) is 0 Å². The minimum atomic E-state index is 0.589. The highest BCUT2D eigenvalue weighted by atomic mass is 32.1. The average Bonchev–Trinajstić information content (AvgIpc) is 2.88. The molecule has 0 bridgehead atoms. The van der Waals surface area contributed by atoms with Crippen molar-refractivity contribution >= 4 is 22.7 Å². The van der Waals surface area contributed by atoms with Crippen molar-refractivity contribution in [2.24, 2.45) is 5.41 Å². The van der Waals surface area contributed by atoms with E-state index in [0.717, 1.165) is 19.1 Å². The summed E-state index contributed by atoms with van der Waals surface area (Å²) < 4.78 is 0. The smallest absolute Gasteiger partial charge is 0.107 e. The number of nitrogens with zero attached hydrogens (tertiary/aromatic N) is 4. The molecule has 4 nitrogen and oxygen atoms in total. The molecule has 2 fully saturated rings. The van der Waals surface area contributed by atoms with Gasteiger partial charge in [-0.05, 0) is 51.7 Å². The fourth-order valence-corrected chi connectivity index (χ4v) is 5.48. The second-order valence-electron chi connectivity index (χ2n) is 7.06. The Hall–Kier alpha value is -0.820. The monoisotopic (exact) mass is 348 g/mol. The molecule has 0 N–H and O–H groups in total. The first-order chi connectivity index (χ1) is 11.2. The summed E-state index contributed by atoms with van der Waals surface area (Å²) in [4.78, 5) is 15.4. The Kier molecular flexibility index (Phi) is 4.26.